The third-order valence-electron chi connectivity index (χ3n) is 5.57. The normalized spacial score (nSPS) is 24.1. The molecule has 32 heavy (non-hydrogen) atoms. The summed E-state index contributed by atoms with van der Waals surface area (Å²) in [6.45, 7) is 7.96. The summed E-state index contributed by atoms with van der Waals surface area (Å²) < 4.78 is 0. The van der Waals surface area contributed by atoms with Crippen molar-refractivity contribution < 1.29 is 19.8 Å². The highest BCUT2D eigenvalue weighted by Crippen LogP contribution is 2.33. The van der Waals surface area contributed by atoms with Gasteiger partial charge in [-0.05, 0) is 65.3 Å². The maximum absolute atomic E-state index is 12.9. The zero-order valence-corrected chi connectivity index (χ0v) is 19.9. The van der Waals surface area contributed by atoms with Gasteiger partial charge in [-0.15, -0.1) is 0 Å². The van der Waals surface area contributed by atoms with Crippen molar-refractivity contribution in [1.82, 2.24) is 15.5 Å². The van der Waals surface area contributed by atoms with Gasteiger partial charge in [-0.2, -0.15) is 0 Å². The lowest BCUT2D eigenvalue weighted by Gasteiger charge is -2.33. The second kappa shape index (κ2) is 11.1. The van der Waals surface area contributed by atoms with Crippen LogP contribution in [0.15, 0.2) is 35.5 Å². The van der Waals surface area contributed by atoms with Crippen LogP contribution in [0.4, 0.5) is 0 Å². The summed E-state index contributed by atoms with van der Waals surface area (Å²) in [5, 5.41) is 35.1. The number of amides is 2. The van der Waals surface area contributed by atoms with E-state index in [2.05, 4.69) is 10.6 Å². The summed E-state index contributed by atoms with van der Waals surface area (Å²) in [5.41, 5.74) is -0.0522. The third-order valence-corrected chi connectivity index (χ3v) is 5.85. The third kappa shape index (κ3) is 7.18. The van der Waals surface area contributed by atoms with Crippen molar-refractivity contribution in [1.29, 1.82) is 5.41 Å². The Hall–Kier alpha value is -2.16. The molecule has 9 heteroatoms. The quantitative estimate of drug-likeness (QED) is 0.349. The van der Waals surface area contributed by atoms with Crippen molar-refractivity contribution in [2.75, 3.05) is 6.54 Å². The van der Waals surface area contributed by atoms with Gasteiger partial charge in [0.05, 0.1) is 11.8 Å². The van der Waals surface area contributed by atoms with Crippen LogP contribution >= 0.6 is 11.6 Å². The van der Waals surface area contributed by atoms with E-state index in [1.807, 2.05) is 39.0 Å². The average molecular weight is 467 g/mol. The van der Waals surface area contributed by atoms with E-state index in [0.29, 0.717) is 18.0 Å². The standard InChI is InChI=1S/C23H35ClN4O4/c1-14(17(25)10-11-26-23(2,3)4)27-21(31)19(29)20(30)22(32)28-12-6-9-18(28)15-7-5-8-16(24)13-15/h5,7-8,10-11,14-15,18-20,25-26,29-30H,6,9,12-13H2,1-4H3,(H,27,31)/b11-10-,25-17?/t14-,15?,18?,19-,20-/m1/s1. The van der Waals surface area contributed by atoms with Gasteiger partial charge in [-0.25, -0.2) is 0 Å². The van der Waals surface area contributed by atoms with Gasteiger partial charge >= 0.3 is 0 Å². The molecule has 1 aliphatic carbocycles. The second-order valence-corrected chi connectivity index (χ2v) is 9.90. The van der Waals surface area contributed by atoms with E-state index in [-0.39, 0.29) is 23.2 Å². The van der Waals surface area contributed by atoms with Gasteiger partial charge in [0.15, 0.2) is 12.2 Å². The van der Waals surface area contributed by atoms with E-state index in [1.54, 1.807) is 13.1 Å². The summed E-state index contributed by atoms with van der Waals surface area (Å²) in [7, 11) is 0. The number of aliphatic hydroxyl groups excluding tert-OH is 2. The topological polar surface area (TPSA) is 126 Å². The first-order valence-corrected chi connectivity index (χ1v) is 11.3. The number of nitrogens with zero attached hydrogens (tertiary/aromatic N) is 1. The van der Waals surface area contributed by atoms with Crippen LogP contribution in [0.1, 0.15) is 47.0 Å². The van der Waals surface area contributed by atoms with Gasteiger partial charge in [0, 0.05) is 29.1 Å². The van der Waals surface area contributed by atoms with E-state index >= 15 is 0 Å². The van der Waals surface area contributed by atoms with Crippen LogP contribution in [0.2, 0.25) is 0 Å². The van der Waals surface area contributed by atoms with Crippen LogP contribution in [0.25, 0.3) is 0 Å². The molecule has 0 saturated carbocycles. The lowest BCUT2D eigenvalue weighted by Crippen LogP contribution is -2.54. The summed E-state index contributed by atoms with van der Waals surface area (Å²) in [6.07, 6.45) is 7.14. The number of nitrogens with one attached hydrogen (secondary N) is 3. The minimum absolute atomic E-state index is 0.0334. The van der Waals surface area contributed by atoms with Crippen LogP contribution in [-0.4, -0.2) is 69.0 Å². The summed E-state index contributed by atoms with van der Waals surface area (Å²) in [4.78, 5) is 26.8. The lowest BCUT2D eigenvalue weighted by atomic mass is 9.90. The molecule has 1 fully saturated rings. The Kier molecular flexibility index (Phi) is 9.07. The first kappa shape index (κ1) is 26.1. The van der Waals surface area contributed by atoms with E-state index < -0.39 is 30.1 Å². The highest BCUT2D eigenvalue weighted by molar-refractivity contribution is 6.29. The van der Waals surface area contributed by atoms with E-state index in [4.69, 9.17) is 17.0 Å². The predicted molar refractivity (Wildman–Crippen MR) is 125 cm³/mol. The minimum atomic E-state index is -1.93. The monoisotopic (exact) mass is 466 g/mol. The van der Waals surface area contributed by atoms with E-state index in [9.17, 15) is 19.8 Å². The fourth-order valence-corrected chi connectivity index (χ4v) is 4.04. The molecule has 0 spiro atoms. The lowest BCUT2D eigenvalue weighted by molar-refractivity contribution is -0.154. The fourth-order valence-electron chi connectivity index (χ4n) is 3.79. The zero-order chi connectivity index (χ0) is 24.1. The Bertz CT molecular complexity index is 802. The molecule has 178 valence electrons. The van der Waals surface area contributed by atoms with Crippen molar-refractivity contribution in [2.24, 2.45) is 5.92 Å². The van der Waals surface area contributed by atoms with Crippen molar-refractivity contribution in [2.45, 2.75) is 76.8 Å². The van der Waals surface area contributed by atoms with Crippen molar-refractivity contribution in [3.05, 3.63) is 35.5 Å². The molecular formula is C23H35ClN4O4. The SMILES string of the molecule is C[C@@H](NC(=O)[C@H](O)[C@@H](O)C(=O)N1CCCC1C1C=CC=C(Cl)C1)C(=N)/C=C\NC(C)(C)C. The summed E-state index contributed by atoms with van der Waals surface area (Å²) in [6, 6.07) is -0.850. The number of carbonyl (C=O) groups excluding carboxylic acids is 2. The van der Waals surface area contributed by atoms with Crippen LogP contribution in [-0.2, 0) is 9.59 Å². The van der Waals surface area contributed by atoms with Crippen molar-refractivity contribution in [3.63, 3.8) is 0 Å². The summed E-state index contributed by atoms with van der Waals surface area (Å²) in [5.74, 6) is -1.54. The number of allylic oxidation sites excluding steroid dienone is 3. The fraction of sp³-hybridized carbons (Fsp3) is 0.609. The predicted octanol–water partition coefficient (Wildman–Crippen LogP) is 1.82. The molecule has 5 N–H and O–H groups in total. The number of hydrogen-bond donors (Lipinski definition) is 5. The molecule has 2 rings (SSSR count). The van der Waals surface area contributed by atoms with Crippen LogP contribution in [0, 0.1) is 11.3 Å². The van der Waals surface area contributed by atoms with Gasteiger partial charge < -0.3 is 31.2 Å². The molecule has 1 saturated heterocycles. The highest BCUT2D eigenvalue weighted by Gasteiger charge is 2.40. The largest absolute Gasteiger partial charge is 0.386 e. The Morgan fingerprint density at radius 3 is 2.62 bits per heavy atom. The number of carbonyl (C=O) groups is 2. The Morgan fingerprint density at radius 1 is 1.31 bits per heavy atom. The molecule has 1 aliphatic heterocycles. The molecule has 8 nitrogen and oxygen atoms in total. The molecule has 1 heterocycles. The van der Waals surface area contributed by atoms with Crippen molar-refractivity contribution in [3.8, 4) is 0 Å². The molecule has 0 bridgehead atoms. The van der Waals surface area contributed by atoms with E-state index in [0.717, 1.165) is 12.8 Å². The summed E-state index contributed by atoms with van der Waals surface area (Å²) >= 11 is 6.14. The Balaban J connectivity index is 1.93. The smallest absolute Gasteiger partial charge is 0.254 e. The first-order valence-electron chi connectivity index (χ1n) is 10.9. The number of hydrogen-bond acceptors (Lipinski definition) is 6. The highest BCUT2D eigenvalue weighted by atomic mass is 35.5. The molecular weight excluding hydrogens is 432 g/mol. The Labute approximate surface area is 194 Å². The van der Waals surface area contributed by atoms with Crippen LogP contribution in [0.3, 0.4) is 0 Å². The minimum Gasteiger partial charge on any atom is -0.386 e. The van der Waals surface area contributed by atoms with Gasteiger partial charge in [0.1, 0.15) is 0 Å². The number of likely N-dealkylation sites (tertiary alicyclic amines) is 1. The van der Waals surface area contributed by atoms with Crippen LogP contribution in [0.5, 0.6) is 0 Å². The number of aliphatic hydroxyl groups is 2. The average Bonchev–Trinajstić information content (AvgIpc) is 3.20. The van der Waals surface area contributed by atoms with Crippen LogP contribution < -0.4 is 10.6 Å². The van der Waals surface area contributed by atoms with Crippen molar-refractivity contribution >= 4 is 29.1 Å². The number of rotatable bonds is 8. The van der Waals surface area contributed by atoms with E-state index in [1.165, 1.54) is 11.0 Å². The molecule has 0 aromatic carbocycles. The van der Waals surface area contributed by atoms with Gasteiger partial charge in [-0.1, -0.05) is 23.8 Å². The molecule has 2 amide bonds. The zero-order valence-electron chi connectivity index (χ0n) is 19.1. The molecule has 0 aromatic heterocycles. The second-order valence-electron chi connectivity index (χ2n) is 9.41. The van der Waals surface area contributed by atoms with Gasteiger partial charge in [0.2, 0.25) is 0 Å². The van der Waals surface area contributed by atoms with Gasteiger partial charge in [-0.3, -0.25) is 9.59 Å². The molecule has 5 atom stereocenters. The molecule has 2 unspecified atom stereocenters. The maximum atomic E-state index is 12.9. The molecule has 0 aromatic rings. The molecule has 2 aliphatic rings. The first-order chi connectivity index (χ1) is 14.9. The number of halogens is 1. The Morgan fingerprint density at radius 2 is 2.00 bits per heavy atom. The molecule has 0 radical (unpaired) electrons. The van der Waals surface area contributed by atoms with Gasteiger partial charge in [0.25, 0.3) is 11.8 Å². The maximum Gasteiger partial charge on any atom is 0.254 e.